The molecule has 0 saturated carbocycles. The lowest BCUT2D eigenvalue weighted by Crippen LogP contribution is -2.64. The molecular formula is C15H22N2O3. The molecule has 5 nitrogen and oxygen atoms in total. The van der Waals surface area contributed by atoms with Crippen molar-refractivity contribution in [1.29, 1.82) is 0 Å². The number of nitrogens with zero attached hydrogens (tertiary/aromatic N) is 1. The van der Waals surface area contributed by atoms with Crippen LogP contribution in [-0.2, 0) is 16.1 Å². The summed E-state index contributed by atoms with van der Waals surface area (Å²) in [7, 11) is 0. The molecule has 0 aliphatic carbocycles. The van der Waals surface area contributed by atoms with Crippen LogP contribution in [0.15, 0.2) is 16.5 Å². The molecule has 2 heterocycles. The van der Waals surface area contributed by atoms with Gasteiger partial charge in [0.2, 0.25) is 11.8 Å². The van der Waals surface area contributed by atoms with Crippen LogP contribution in [0, 0.1) is 12.8 Å². The van der Waals surface area contributed by atoms with Crippen molar-refractivity contribution in [3.63, 3.8) is 0 Å². The van der Waals surface area contributed by atoms with Crippen LogP contribution in [0.4, 0.5) is 0 Å². The molecule has 1 saturated heterocycles. The van der Waals surface area contributed by atoms with Gasteiger partial charge in [0, 0.05) is 0 Å². The zero-order valence-corrected chi connectivity index (χ0v) is 12.5. The fourth-order valence-electron chi connectivity index (χ4n) is 2.57. The molecule has 2 atom stereocenters. The quantitative estimate of drug-likeness (QED) is 0.914. The van der Waals surface area contributed by atoms with Gasteiger partial charge < -0.3 is 14.6 Å². The van der Waals surface area contributed by atoms with Gasteiger partial charge in [-0.3, -0.25) is 9.59 Å². The van der Waals surface area contributed by atoms with Gasteiger partial charge >= 0.3 is 0 Å². The third-order valence-electron chi connectivity index (χ3n) is 3.70. The first-order chi connectivity index (χ1) is 9.43. The van der Waals surface area contributed by atoms with Crippen LogP contribution < -0.4 is 5.32 Å². The Kier molecular flexibility index (Phi) is 4.16. The van der Waals surface area contributed by atoms with Crippen LogP contribution in [0.3, 0.4) is 0 Å². The lowest BCUT2D eigenvalue weighted by Gasteiger charge is -2.39. The van der Waals surface area contributed by atoms with Gasteiger partial charge in [-0.2, -0.15) is 0 Å². The van der Waals surface area contributed by atoms with Gasteiger partial charge in [-0.1, -0.05) is 20.8 Å². The summed E-state index contributed by atoms with van der Waals surface area (Å²) in [6, 6.07) is 2.86. The molecule has 20 heavy (non-hydrogen) atoms. The molecule has 1 fully saturated rings. The lowest BCUT2D eigenvalue weighted by atomic mass is 9.97. The largest absolute Gasteiger partial charge is 0.464 e. The Morgan fingerprint density at radius 3 is 2.55 bits per heavy atom. The minimum atomic E-state index is -0.443. The maximum absolute atomic E-state index is 12.6. The van der Waals surface area contributed by atoms with Crippen molar-refractivity contribution in [2.24, 2.45) is 5.92 Å². The average molecular weight is 278 g/mol. The number of hydrogen-bond donors (Lipinski definition) is 1. The van der Waals surface area contributed by atoms with Crippen molar-refractivity contribution >= 4 is 11.8 Å². The van der Waals surface area contributed by atoms with Crippen molar-refractivity contribution in [3.8, 4) is 0 Å². The molecule has 5 heteroatoms. The van der Waals surface area contributed by atoms with E-state index in [1.165, 1.54) is 0 Å². The van der Waals surface area contributed by atoms with Crippen molar-refractivity contribution in [2.45, 2.75) is 52.7 Å². The summed E-state index contributed by atoms with van der Waals surface area (Å²) in [5.41, 5.74) is 0. The third-order valence-corrected chi connectivity index (χ3v) is 3.70. The lowest BCUT2D eigenvalue weighted by molar-refractivity contribution is -0.151. The maximum atomic E-state index is 12.6. The van der Waals surface area contributed by atoms with Gasteiger partial charge in [0.15, 0.2) is 0 Å². The first kappa shape index (κ1) is 14.6. The second-order valence-electron chi connectivity index (χ2n) is 5.63. The molecule has 1 N–H and O–H groups in total. The van der Waals surface area contributed by atoms with Crippen molar-refractivity contribution in [2.75, 3.05) is 0 Å². The summed E-state index contributed by atoms with van der Waals surface area (Å²) in [4.78, 5) is 26.4. The van der Waals surface area contributed by atoms with Gasteiger partial charge in [-0.15, -0.1) is 0 Å². The van der Waals surface area contributed by atoms with Gasteiger partial charge in [-0.05, 0) is 31.4 Å². The number of amides is 2. The number of carbonyl (C=O) groups is 2. The molecule has 1 aromatic heterocycles. The van der Waals surface area contributed by atoms with E-state index in [0.717, 1.165) is 5.76 Å². The molecule has 2 rings (SSSR count). The van der Waals surface area contributed by atoms with E-state index in [1.807, 2.05) is 39.8 Å². The molecule has 2 amide bonds. The highest BCUT2D eigenvalue weighted by Crippen LogP contribution is 2.21. The summed E-state index contributed by atoms with van der Waals surface area (Å²) in [5, 5.41) is 2.83. The molecular weight excluding hydrogens is 256 g/mol. The number of furan rings is 1. The highest BCUT2D eigenvalue weighted by molar-refractivity contribution is 5.97. The first-order valence-corrected chi connectivity index (χ1v) is 7.10. The van der Waals surface area contributed by atoms with Crippen LogP contribution in [-0.4, -0.2) is 28.8 Å². The van der Waals surface area contributed by atoms with Crippen LogP contribution in [0.1, 0.15) is 38.7 Å². The molecule has 0 aromatic carbocycles. The van der Waals surface area contributed by atoms with E-state index < -0.39 is 12.1 Å². The smallest absolute Gasteiger partial charge is 0.246 e. The monoisotopic (exact) mass is 278 g/mol. The summed E-state index contributed by atoms with van der Waals surface area (Å²) < 4.78 is 5.53. The number of carbonyl (C=O) groups excluding carboxylic acids is 2. The average Bonchev–Trinajstić information content (AvgIpc) is 2.79. The first-order valence-electron chi connectivity index (χ1n) is 7.10. The molecule has 0 spiro atoms. The Morgan fingerprint density at radius 2 is 2.05 bits per heavy atom. The number of piperazine rings is 1. The molecule has 110 valence electrons. The van der Waals surface area contributed by atoms with E-state index in [-0.39, 0.29) is 17.7 Å². The topological polar surface area (TPSA) is 62.6 Å². The number of rotatable bonds is 4. The second-order valence-corrected chi connectivity index (χ2v) is 5.63. The Labute approximate surface area is 119 Å². The SMILES string of the molecule is CCC1C(=O)NC(C(C)C)C(=O)N1Cc1ccc(C)o1. The zero-order chi connectivity index (χ0) is 14.9. The van der Waals surface area contributed by atoms with Crippen LogP contribution in [0.5, 0.6) is 0 Å². The van der Waals surface area contributed by atoms with E-state index in [2.05, 4.69) is 5.32 Å². The van der Waals surface area contributed by atoms with Gasteiger partial charge in [0.05, 0.1) is 6.54 Å². The Balaban J connectivity index is 2.24. The summed E-state index contributed by atoms with van der Waals surface area (Å²) in [6.45, 7) is 7.99. The van der Waals surface area contributed by atoms with E-state index in [4.69, 9.17) is 4.42 Å². The highest BCUT2D eigenvalue weighted by Gasteiger charge is 2.40. The van der Waals surface area contributed by atoms with Crippen LogP contribution in [0.2, 0.25) is 0 Å². The minimum absolute atomic E-state index is 0.0273. The van der Waals surface area contributed by atoms with Gasteiger partial charge in [-0.25, -0.2) is 0 Å². The third kappa shape index (κ3) is 2.71. The molecule has 1 aliphatic rings. The zero-order valence-electron chi connectivity index (χ0n) is 12.5. The van der Waals surface area contributed by atoms with E-state index in [9.17, 15) is 9.59 Å². The Hall–Kier alpha value is -1.78. The van der Waals surface area contributed by atoms with Gasteiger partial charge in [0.1, 0.15) is 23.6 Å². The fraction of sp³-hybridized carbons (Fsp3) is 0.600. The van der Waals surface area contributed by atoms with E-state index in [0.29, 0.717) is 18.7 Å². The summed E-state index contributed by atoms with van der Waals surface area (Å²) >= 11 is 0. The second kappa shape index (κ2) is 5.69. The Morgan fingerprint density at radius 1 is 1.35 bits per heavy atom. The standard InChI is InChI=1S/C15H22N2O3/c1-5-12-14(18)16-13(9(2)3)15(19)17(12)8-11-7-6-10(4)20-11/h6-7,9,12-13H,5,8H2,1-4H3,(H,16,18). The number of aryl methyl sites for hydroxylation is 1. The van der Waals surface area contributed by atoms with Crippen molar-refractivity contribution in [1.82, 2.24) is 10.2 Å². The summed E-state index contributed by atoms with van der Waals surface area (Å²) in [6.07, 6.45) is 0.599. The number of nitrogens with one attached hydrogen (secondary N) is 1. The Bertz CT molecular complexity index is 507. The molecule has 1 aliphatic heterocycles. The predicted molar refractivity (Wildman–Crippen MR) is 74.8 cm³/mol. The van der Waals surface area contributed by atoms with Crippen LogP contribution in [0.25, 0.3) is 0 Å². The molecule has 2 unspecified atom stereocenters. The van der Waals surface area contributed by atoms with E-state index >= 15 is 0 Å². The fourth-order valence-corrected chi connectivity index (χ4v) is 2.57. The van der Waals surface area contributed by atoms with Crippen LogP contribution >= 0.6 is 0 Å². The maximum Gasteiger partial charge on any atom is 0.246 e. The normalized spacial score (nSPS) is 23.4. The summed E-state index contributed by atoms with van der Waals surface area (Å²) in [5.74, 6) is 1.49. The predicted octanol–water partition coefficient (Wildman–Crippen LogP) is 1.85. The highest BCUT2D eigenvalue weighted by atomic mass is 16.3. The molecule has 1 aromatic rings. The van der Waals surface area contributed by atoms with Crippen molar-refractivity contribution < 1.29 is 14.0 Å². The van der Waals surface area contributed by atoms with E-state index in [1.54, 1.807) is 4.90 Å². The molecule has 0 bridgehead atoms. The van der Waals surface area contributed by atoms with Gasteiger partial charge in [0.25, 0.3) is 0 Å². The minimum Gasteiger partial charge on any atom is -0.464 e. The molecule has 0 radical (unpaired) electrons. The van der Waals surface area contributed by atoms with Crippen molar-refractivity contribution in [3.05, 3.63) is 23.7 Å². The number of hydrogen-bond acceptors (Lipinski definition) is 3.